The van der Waals surface area contributed by atoms with Crippen molar-refractivity contribution in [3.63, 3.8) is 0 Å². The van der Waals surface area contributed by atoms with E-state index in [1.807, 2.05) is 12.2 Å². The van der Waals surface area contributed by atoms with Gasteiger partial charge in [-0.3, -0.25) is 0 Å². The van der Waals surface area contributed by atoms with Gasteiger partial charge in [0.25, 0.3) is 0 Å². The predicted molar refractivity (Wildman–Crippen MR) is 97.9 cm³/mol. The zero-order valence-electron chi connectivity index (χ0n) is 11.8. The Balaban J connectivity index is 2.37. The molecule has 0 aliphatic heterocycles. The molecule has 3 rings (SSSR count). The van der Waals surface area contributed by atoms with Crippen molar-refractivity contribution < 1.29 is 0 Å². The first-order chi connectivity index (χ1) is 10.2. The first kappa shape index (κ1) is 14.8. The van der Waals surface area contributed by atoms with Gasteiger partial charge in [0.1, 0.15) is 0 Å². The minimum absolute atomic E-state index is 0.859. The van der Waals surface area contributed by atoms with Crippen LogP contribution >= 0.6 is 31.9 Å². The third kappa shape index (κ3) is 2.35. The fourth-order valence-corrected chi connectivity index (χ4v) is 4.39. The van der Waals surface area contributed by atoms with Crippen LogP contribution in [0.4, 0.5) is 0 Å². The van der Waals surface area contributed by atoms with E-state index in [-0.39, 0.29) is 0 Å². The van der Waals surface area contributed by atoms with Gasteiger partial charge >= 0.3 is 0 Å². The lowest BCUT2D eigenvalue weighted by molar-refractivity contribution is 1.12. The second-order valence-electron chi connectivity index (χ2n) is 5.26. The second-order valence-corrected chi connectivity index (χ2v) is 6.84. The first-order valence-corrected chi connectivity index (χ1v) is 8.59. The van der Waals surface area contributed by atoms with Crippen molar-refractivity contribution in [2.45, 2.75) is 19.3 Å². The molecule has 2 heteroatoms. The van der Waals surface area contributed by atoms with E-state index in [2.05, 4.69) is 69.3 Å². The van der Waals surface area contributed by atoms with Crippen LogP contribution < -0.4 is 0 Å². The number of halogens is 2. The minimum Gasteiger partial charge on any atom is -0.103 e. The summed E-state index contributed by atoms with van der Waals surface area (Å²) in [6.45, 7) is 7.84. The van der Waals surface area contributed by atoms with Crippen LogP contribution in [-0.4, -0.2) is 0 Å². The van der Waals surface area contributed by atoms with Crippen molar-refractivity contribution in [2.24, 2.45) is 0 Å². The SMILES string of the molecule is C=CCc1c(Br)c(Br)c2c(c1CC=C)-c1ccccc1C2. The highest BCUT2D eigenvalue weighted by molar-refractivity contribution is 9.13. The Kier molecular flexibility index (Phi) is 4.19. The highest BCUT2D eigenvalue weighted by Gasteiger charge is 2.27. The molecule has 0 bridgehead atoms. The van der Waals surface area contributed by atoms with Gasteiger partial charge in [-0.05, 0) is 84.5 Å². The molecule has 0 fully saturated rings. The van der Waals surface area contributed by atoms with Crippen molar-refractivity contribution in [1.29, 1.82) is 0 Å². The van der Waals surface area contributed by atoms with Gasteiger partial charge in [0, 0.05) is 8.95 Å². The van der Waals surface area contributed by atoms with Crippen LogP contribution in [0.3, 0.4) is 0 Å². The first-order valence-electron chi connectivity index (χ1n) is 7.00. The zero-order chi connectivity index (χ0) is 15.0. The van der Waals surface area contributed by atoms with Crippen LogP contribution in [0.2, 0.25) is 0 Å². The van der Waals surface area contributed by atoms with E-state index in [0.29, 0.717) is 0 Å². The summed E-state index contributed by atoms with van der Waals surface area (Å²) in [7, 11) is 0. The highest BCUT2D eigenvalue weighted by atomic mass is 79.9. The van der Waals surface area contributed by atoms with Crippen LogP contribution in [0.15, 0.2) is 58.5 Å². The monoisotopic (exact) mass is 402 g/mol. The third-order valence-corrected chi connectivity index (χ3v) is 6.32. The van der Waals surface area contributed by atoms with E-state index < -0.39 is 0 Å². The molecule has 106 valence electrons. The number of benzene rings is 2. The number of hydrogen-bond donors (Lipinski definition) is 0. The molecule has 2 aromatic carbocycles. The van der Waals surface area contributed by atoms with Crippen molar-refractivity contribution in [3.05, 3.63) is 80.8 Å². The largest absolute Gasteiger partial charge is 0.103 e. The number of fused-ring (bicyclic) bond motifs is 3. The molecule has 0 N–H and O–H groups in total. The zero-order valence-corrected chi connectivity index (χ0v) is 14.9. The molecule has 0 nitrogen and oxygen atoms in total. The summed E-state index contributed by atoms with van der Waals surface area (Å²) in [6.07, 6.45) is 6.68. The van der Waals surface area contributed by atoms with Gasteiger partial charge in [-0.15, -0.1) is 13.2 Å². The lowest BCUT2D eigenvalue weighted by Crippen LogP contribution is -2.00. The Morgan fingerprint density at radius 1 is 0.952 bits per heavy atom. The number of rotatable bonds is 4. The molecule has 1 aliphatic rings. The van der Waals surface area contributed by atoms with Gasteiger partial charge in [-0.25, -0.2) is 0 Å². The Hall–Kier alpha value is -1.12. The molecular formula is C19H16Br2. The molecule has 0 heterocycles. The molecule has 21 heavy (non-hydrogen) atoms. The van der Waals surface area contributed by atoms with Gasteiger partial charge in [0.05, 0.1) is 0 Å². The maximum Gasteiger partial charge on any atom is 0.0362 e. The van der Waals surface area contributed by atoms with Crippen molar-refractivity contribution >= 4 is 31.9 Å². The fraction of sp³-hybridized carbons (Fsp3) is 0.158. The quantitative estimate of drug-likeness (QED) is 0.452. The molecule has 0 radical (unpaired) electrons. The van der Waals surface area contributed by atoms with Crippen molar-refractivity contribution in [2.75, 3.05) is 0 Å². The molecular weight excluding hydrogens is 388 g/mol. The molecule has 0 saturated carbocycles. The molecule has 0 spiro atoms. The van der Waals surface area contributed by atoms with Crippen molar-refractivity contribution in [1.82, 2.24) is 0 Å². The van der Waals surface area contributed by atoms with Gasteiger partial charge in [0.2, 0.25) is 0 Å². The summed E-state index contributed by atoms with van der Waals surface area (Å²) in [5.41, 5.74) is 8.22. The van der Waals surface area contributed by atoms with E-state index in [0.717, 1.165) is 23.7 Å². The molecule has 2 aromatic rings. The average molecular weight is 404 g/mol. The Morgan fingerprint density at radius 2 is 1.62 bits per heavy atom. The molecule has 0 atom stereocenters. The lowest BCUT2D eigenvalue weighted by atomic mass is 9.91. The maximum atomic E-state index is 3.94. The third-order valence-electron chi connectivity index (χ3n) is 4.04. The topological polar surface area (TPSA) is 0 Å². The van der Waals surface area contributed by atoms with E-state index in [4.69, 9.17) is 0 Å². The number of hydrogen-bond acceptors (Lipinski definition) is 0. The summed E-state index contributed by atoms with van der Waals surface area (Å²) in [6, 6.07) is 8.69. The van der Waals surface area contributed by atoms with Crippen LogP contribution in [0.25, 0.3) is 11.1 Å². The maximum absolute atomic E-state index is 3.94. The van der Waals surface area contributed by atoms with Crippen LogP contribution in [0.5, 0.6) is 0 Å². The van der Waals surface area contributed by atoms with Crippen LogP contribution in [0.1, 0.15) is 22.3 Å². The Morgan fingerprint density at radius 3 is 2.33 bits per heavy atom. The van der Waals surface area contributed by atoms with Gasteiger partial charge in [0.15, 0.2) is 0 Å². The highest BCUT2D eigenvalue weighted by Crippen LogP contribution is 2.47. The Labute approximate surface area is 142 Å². The summed E-state index contributed by atoms with van der Waals surface area (Å²) in [4.78, 5) is 0. The molecule has 0 aromatic heterocycles. The normalized spacial score (nSPS) is 11.9. The summed E-state index contributed by atoms with van der Waals surface area (Å²) in [5, 5.41) is 0. The molecule has 0 amide bonds. The lowest BCUT2D eigenvalue weighted by Gasteiger charge is -2.18. The molecule has 0 unspecified atom stereocenters. The second kappa shape index (κ2) is 5.94. The van der Waals surface area contributed by atoms with E-state index in [1.165, 1.54) is 37.9 Å². The van der Waals surface area contributed by atoms with Crippen LogP contribution in [-0.2, 0) is 19.3 Å². The number of allylic oxidation sites excluding steroid dienone is 2. The molecule has 0 saturated heterocycles. The summed E-state index contributed by atoms with van der Waals surface area (Å²) >= 11 is 7.56. The van der Waals surface area contributed by atoms with E-state index in [1.54, 1.807) is 0 Å². The van der Waals surface area contributed by atoms with E-state index in [9.17, 15) is 0 Å². The smallest absolute Gasteiger partial charge is 0.0362 e. The molecule has 1 aliphatic carbocycles. The summed E-state index contributed by atoms with van der Waals surface area (Å²) in [5.74, 6) is 0. The van der Waals surface area contributed by atoms with Gasteiger partial charge in [-0.1, -0.05) is 36.4 Å². The van der Waals surface area contributed by atoms with Gasteiger partial charge in [-0.2, -0.15) is 0 Å². The Bertz CT molecular complexity index is 742. The minimum atomic E-state index is 0.859. The van der Waals surface area contributed by atoms with Crippen molar-refractivity contribution in [3.8, 4) is 11.1 Å². The average Bonchev–Trinajstić information content (AvgIpc) is 2.88. The predicted octanol–water partition coefficient (Wildman–Crippen LogP) is 6.24. The van der Waals surface area contributed by atoms with Gasteiger partial charge < -0.3 is 0 Å². The van der Waals surface area contributed by atoms with E-state index >= 15 is 0 Å². The standard InChI is InChI=1S/C19H16Br2/c1-3-7-14-15(8-4-2)18(20)19(21)16-11-12-9-5-6-10-13(12)17(14)16/h3-6,9-10H,1-2,7-8,11H2. The van der Waals surface area contributed by atoms with Crippen LogP contribution in [0, 0.1) is 0 Å². The fourth-order valence-electron chi connectivity index (χ4n) is 3.17. The summed E-state index contributed by atoms with van der Waals surface area (Å²) < 4.78 is 2.34.